The van der Waals surface area contributed by atoms with Gasteiger partial charge in [0.15, 0.2) is 0 Å². The third-order valence-corrected chi connectivity index (χ3v) is 3.43. The highest BCUT2D eigenvalue weighted by Crippen LogP contribution is 2.20. The summed E-state index contributed by atoms with van der Waals surface area (Å²) in [6.07, 6.45) is 14.0. The first-order chi connectivity index (χ1) is 9.02. The van der Waals surface area contributed by atoms with Gasteiger partial charge in [-0.1, -0.05) is 64.9 Å². The molecule has 0 saturated carbocycles. The summed E-state index contributed by atoms with van der Waals surface area (Å²) in [7, 11) is 0. The molecule has 19 heavy (non-hydrogen) atoms. The number of ether oxygens (including phenoxy) is 1. The zero-order valence-corrected chi connectivity index (χ0v) is 13.2. The highest BCUT2D eigenvalue weighted by atomic mass is 16.6. The van der Waals surface area contributed by atoms with Gasteiger partial charge in [0.1, 0.15) is 5.60 Å². The molecular weight excluding hydrogens is 236 g/mol. The first kappa shape index (κ1) is 18.2. The maximum atomic E-state index is 11.1. The fourth-order valence-corrected chi connectivity index (χ4v) is 2.23. The molecule has 0 bridgehead atoms. The molecule has 2 heteroatoms. The predicted octanol–water partition coefficient (Wildman–Crippen LogP) is 5.42. The van der Waals surface area contributed by atoms with E-state index in [4.69, 9.17) is 4.74 Å². The molecule has 0 saturated heterocycles. The second-order valence-electron chi connectivity index (χ2n) is 5.96. The number of carbonyl (C=O) groups excluding carboxylic acids is 1. The fourth-order valence-electron chi connectivity index (χ4n) is 2.23. The van der Waals surface area contributed by atoms with Gasteiger partial charge in [0.05, 0.1) is 0 Å². The van der Waals surface area contributed by atoms with Crippen LogP contribution in [0.1, 0.15) is 85.0 Å². The molecule has 0 heterocycles. The van der Waals surface area contributed by atoms with Crippen LogP contribution in [0.25, 0.3) is 0 Å². The van der Waals surface area contributed by atoms with Gasteiger partial charge in [-0.2, -0.15) is 0 Å². The molecule has 0 rings (SSSR count). The minimum atomic E-state index is -0.355. The summed E-state index contributed by atoms with van der Waals surface area (Å²) in [5, 5.41) is 0. The summed E-state index contributed by atoms with van der Waals surface area (Å²) < 4.78 is 5.30. The van der Waals surface area contributed by atoms with Crippen molar-refractivity contribution in [3.63, 3.8) is 0 Å². The van der Waals surface area contributed by atoms with Gasteiger partial charge in [0.25, 0.3) is 0 Å². The van der Waals surface area contributed by atoms with Gasteiger partial charge in [-0.3, -0.25) is 0 Å². The molecule has 0 N–H and O–H groups in total. The average Bonchev–Trinajstić information content (AvgIpc) is 2.36. The minimum Gasteiger partial charge on any atom is -0.457 e. The SMILES string of the molecule is C=CC(=O)OC(C)(C)CCCCCCCCCCC. The Morgan fingerprint density at radius 3 is 1.95 bits per heavy atom. The predicted molar refractivity (Wildman–Crippen MR) is 82.2 cm³/mol. The minimum absolute atomic E-state index is 0.319. The zero-order valence-electron chi connectivity index (χ0n) is 13.2. The summed E-state index contributed by atoms with van der Waals surface area (Å²) >= 11 is 0. The normalized spacial score (nSPS) is 11.3. The van der Waals surface area contributed by atoms with E-state index in [1.54, 1.807) is 0 Å². The summed E-state index contributed by atoms with van der Waals surface area (Å²) in [6.45, 7) is 9.62. The molecular formula is C17H32O2. The van der Waals surface area contributed by atoms with Crippen molar-refractivity contribution < 1.29 is 9.53 Å². The molecule has 0 atom stereocenters. The average molecular weight is 268 g/mol. The lowest BCUT2D eigenvalue weighted by Crippen LogP contribution is -2.27. The molecule has 0 fully saturated rings. The van der Waals surface area contributed by atoms with E-state index in [0.717, 1.165) is 12.8 Å². The molecule has 0 aromatic rings. The Morgan fingerprint density at radius 2 is 1.47 bits per heavy atom. The molecule has 0 spiro atoms. The molecule has 0 aliphatic carbocycles. The number of unbranched alkanes of at least 4 members (excludes halogenated alkanes) is 8. The number of hydrogen-bond acceptors (Lipinski definition) is 2. The van der Waals surface area contributed by atoms with Crippen LogP contribution in [0, 0.1) is 0 Å². The molecule has 0 amide bonds. The van der Waals surface area contributed by atoms with E-state index in [0.29, 0.717) is 0 Å². The van der Waals surface area contributed by atoms with Gasteiger partial charge in [-0.15, -0.1) is 0 Å². The summed E-state index contributed by atoms with van der Waals surface area (Å²) in [5.74, 6) is -0.319. The number of carbonyl (C=O) groups is 1. The Balaban J connectivity index is 3.42. The topological polar surface area (TPSA) is 26.3 Å². The van der Waals surface area contributed by atoms with Crippen molar-refractivity contribution in [3.05, 3.63) is 12.7 Å². The number of esters is 1. The van der Waals surface area contributed by atoms with Crippen molar-refractivity contribution >= 4 is 5.97 Å². The van der Waals surface area contributed by atoms with Crippen LogP contribution in [0.4, 0.5) is 0 Å². The van der Waals surface area contributed by atoms with Crippen LogP contribution in [0.2, 0.25) is 0 Å². The Kier molecular flexibility index (Phi) is 10.6. The molecule has 2 nitrogen and oxygen atoms in total. The molecule has 112 valence electrons. The molecule has 0 aromatic heterocycles. The quantitative estimate of drug-likeness (QED) is 0.268. The van der Waals surface area contributed by atoms with Gasteiger partial charge >= 0.3 is 5.97 Å². The third-order valence-electron chi connectivity index (χ3n) is 3.43. The first-order valence-corrected chi connectivity index (χ1v) is 7.87. The van der Waals surface area contributed by atoms with Crippen molar-refractivity contribution in [2.75, 3.05) is 0 Å². The fraction of sp³-hybridized carbons (Fsp3) is 0.824. The molecule has 0 aliphatic heterocycles. The smallest absolute Gasteiger partial charge is 0.330 e. The number of hydrogen-bond donors (Lipinski definition) is 0. The van der Waals surface area contributed by atoms with Gasteiger partial charge < -0.3 is 4.74 Å². The van der Waals surface area contributed by atoms with Crippen molar-refractivity contribution in [2.45, 2.75) is 90.6 Å². The number of rotatable bonds is 12. The van der Waals surface area contributed by atoms with E-state index >= 15 is 0 Å². The van der Waals surface area contributed by atoms with Gasteiger partial charge in [0.2, 0.25) is 0 Å². The molecule has 0 aromatic carbocycles. The Bertz CT molecular complexity index is 244. The molecule has 0 radical (unpaired) electrons. The monoisotopic (exact) mass is 268 g/mol. The van der Waals surface area contributed by atoms with Crippen LogP contribution in [0.15, 0.2) is 12.7 Å². The molecule has 0 unspecified atom stereocenters. The molecule has 0 aliphatic rings. The Morgan fingerprint density at radius 1 is 1.00 bits per heavy atom. The van der Waals surface area contributed by atoms with E-state index in [2.05, 4.69) is 13.5 Å². The van der Waals surface area contributed by atoms with Gasteiger partial charge in [0, 0.05) is 6.08 Å². The second-order valence-corrected chi connectivity index (χ2v) is 5.96. The summed E-state index contributed by atoms with van der Waals surface area (Å²) in [6, 6.07) is 0. The van der Waals surface area contributed by atoms with Crippen molar-refractivity contribution in [1.29, 1.82) is 0 Å². The standard InChI is InChI=1S/C17H32O2/c1-5-7-8-9-10-11-12-13-14-15-17(3,4)19-16(18)6-2/h6H,2,5,7-15H2,1,3-4H3. The van der Waals surface area contributed by atoms with Crippen LogP contribution in [0.3, 0.4) is 0 Å². The Hall–Kier alpha value is -0.790. The van der Waals surface area contributed by atoms with Crippen LogP contribution >= 0.6 is 0 Å². The van der Waals surface area contributed by atoms with Gasteiger partial charge in [-0.25, -0.2) is 4.79 Å². The van der Waals surface area contributed by atoms with Crippen LogP contribution in [-0.4, -0.2) is 11.6 Å². The lowest BCUT2D eigenvalue weighted by atomic mass is 9.99. The highest BCUT2D eigenvalue weighted by Gasteiger charge is 2.20. The maximum Gasteiger partial charge on any atom is 0.330 e. The Labute approximate surface area is 119 Å². The maximum absolute atomic E-state index is 11.1. The van der Waals surface area contributed by atoms with E-state index in [1.165, 1.54) is 57.4 Å². The van der Waals surface area contributed by atoms with Crippen molar-refractivity contribution in [1.82, 2.24) is 0 Å². The van der Waals surface area contributed by atoms with E-state index in [9.17, 15) is 4.79 Å². The van der Waals surface area contributed by atoms with E-state index < -0.39 is 0 Å². The lowest BCUT2D eigenvalue weighted by molar-refractivity contribution is -0.150. The van der Waals surface area contributed by atoms with Crippen molar-refractivity contribution in [3.8, 4) is 0 Å². The van der Waals surface area contributed by atoms with E-state index in [1.807, 2.05) is 13.8 Å². The van der Waals surface area contributed by atoms with Crippen molar-refractivity contribution in [2.24, 2.45) is 0 Å². The summed E-state index contributed by atoms with van der Waals surface area (Å²) in [5.41, 5.74) is -0.355. The summed E-state index contributed by atoms with van der Waals surface area (Å²) in [4.78, 5) is 11.1. The largest absolute Gasteiger partial charge is 0.457 e. The zero-order chi connectivity index (χ0) is 14.6. The van der Waals surface area contributed by atoms with E-state index in [-0.39, 0.29) is 11.6 Å². The van der Waals surface area contributed by atoms with Crippen LogP contribution in [-0.2, 0) is 9.53 Å². The third kappa shape index (κ3) is 12.0. The van der Waals surface area contributed by atoms with Crippen LogP contribution < -0.4 is 0 Å². The van der Waals surface area contributed by atoms with Crippen LogP contribution in [0.5, 0.6) is 0 Å². The highest BCUT2D eigenvalue weighted by molar-refractivity contribution is 5.81. The van der Waals surface area contributed by atoms with Gasteiger partial charge in [-0.05, 0) is 26.7 Å². The first-order valence-electron chi connectivity index (χ1n) is 7.87. The lowest BCUT2D eigenvalue weighted by Gasteiger charge is -2.24. The second kappa shape index (κ2) is 11.1.